The highest BCUT2D eigenvalue weighted by atomic mass is 79.9. The second kappa shape index (κ2) is 7.80. The van der Waals surface area contributed by atoms with E-state index in [0.717, 1.165) is 0 Å². The van der Waals surface area contributed by atoms with Gasteiger partial charge in [-0.3, -0.25) is 4.98 Å². The van der Waals surface area contributed by atoms with Crippen LogP contribution in [0.1, 0.15) is 0 Å². The van der Waals surface area contributed by atoms with Crippen molar-refractivity contribution < 1.29 is 17.9 Å². The second-order valence-electron chi connectivity index (χ2n) is 3.34. The van der Waals surface area contributed by atoms with Crippen LogP contribution < -0.4 is 4.72 Å². The molecular formula is C10H15BrN2O4S. The van der Waals surface area contributed by atoms with E-state index in [4.69, 9.17) is 9.47 Å². The number of ether oxygens (including phenoxy) is 2. The first-order valence-corrected chi connectivity index (χ1v) is 7.51. The molecule has 8 heteroatoms. The van der Waals surface area contributed by atoms with Crippen LogP contribution in [0.5, 0.6) is 0 Å². The van der Waals surface area contributed by atoms with Gasteiger partial charge in [0.1, 0.15) is 4.90 Å². The number of nitrogens with zero attached hydrogens (tertiary/aromatic N) is 1. The second-order valence-corrected chi connectivity index (χ2v) is 6.02. The molecule has 0 radical (unpaired) electrons. The Bertz CT molecular complexity index is 467. The van der Waals surface area contributed by atoms with E-state index in [1.807, 2.05) is 0 Å². The molecule has 0 fully saturated rings. The van der Waals surface area contributed by atoms with Gasteiger partial charge in [0.05, 0.1) is 19.8 Å². The molecule has 6 nitrogen and oxygen atoms in total. The number of halogens is 1. The first-order chi connectivity index (χ1) is 8.56. The molecule has 0 bridgehead atoms. The molecule has 0 amide bonds. The number of methoxy groups -OCH3 is 1. The van der Waals surface area contributed by atoms with Crippen molar-refractivity contribution in [2.24, 2.45) is 0 Å². The highest BCUT2D eigenvalue weighted by Gasteiger charge is 2.13. The lowest BCUT2D eigenvalue weighted by atomic mass is 10.5. The van der Waals surface area contributed by atoms with Crippen molar-refractivity contribution in [3.63, 3.8) is 0 Å². The third kappa shape index (κ3) is 5.40. The first-order valence-electron chi connectivity index (χ1n) is 5.23. The van der Waals surface area contributed by atoms with Crippen LogP contribution in [0.2, 0.25) is 0 Å². The van der Waals surface area contributed by atoms with Crippen LogP contribution in [0.25, 0.3) is 0 Å². The monoisotopic (exact) mass is 338 g/mol. The van der Waals surface area contributed by atoms with E-state index in [-0.39, 0.29) is 11.4 Å². The van der Waals surface area contributed by atoms with Crippen molar-refractivity contribution in [2.75, 3.05) is 33.5 Å². The van der Waals surface area contributed by atoms with Gasteiger partial charge in [-0.15, -0.1) is 0 Å². The summed E-state index contributed by atoms with van der Waals surface area (Å²) in [5, 5.41) is 0. The normalized spacial score (nSPS) is 11.7. The van der Waals surface area contributed by atoms with E-state index in [1.54, 1.807) is 7.11 Å². The van der Waals surface area contributed by atoms with Gasteiger partial charge in [-0.2, -0.15) is 0 Å². The van der Waals surface area contributed by atoms with Gasteiger partial charge >= 0.3 is 0 Å². The lowest BCUT2D eigenvalue weighted by Crippen LogP contribution is -2.28. The molecule has 0 atom stereocenters. The number of aromatic nitrogens is 1. The number of nitrogens with one attached hydrogen (secondary N) is 1. The Kier molecular flexibility index (Phi) is 6.72. The summed E-state index contributed by atoms with van der Waals surface area (Å²) in [6.07, 6.45) is 2.81. The lowest BCUT2D eigenvalue weighted by molar-refractivity contribution is 0.0736. The Labute approximate surface area is 115 Å². The minimum absolute atomic E-state index is 0.119. The summed E-state index contributed by atoms with van der Waals surface area (Å²) in [6, 6.07) is 1.49. The largest absolute Gasteiger partial charge is 0.382 e. The zero-order chi connectivity index (χ0) is 13.4. The zero-order valence-electron chi connectivity index (χ0n) is 9.93. The molecule has 102 valence electrons. The molecule has 0 spiro atoms. The van der Waals surface area contributed by atoms with E-state index >= 15 is 0 Å². The van der Waals surface area contributed by atoms with Crippen LogP contribution in [0.15, 0.2) is 27.8 Å². The molecule has 0 aliphatic carbocycles. The molecule has 0 aliphatic rings. The molecule has 1 N–H and O–H groups in total. The molecule has 0 saturated heterocycles. The maximum Gasteiger partial charge on any atom is 0.242 e. The van der Waals surface area contributed by atoms with Crippen LogP contribution in [0, 0.1) is 0 Å². The molecule has 0 unspecified atom stereocenters. The fourth-order valence-electron chi connectivity index (χ4n) is 1.12. The molecule has 0 aromatic carbocycles. The number of hydrogen-bond donors (Lipinski definition) is 1. The van der Waals surface area contributed by atoms with E-state index in [9.17, 15) is 8.42 Å². The van der Waals surface area contributed by atoms with Gasteiger partial charge in [-0.25, -0.2) is 13.1 Å². The SMILES string of the molecule is COCCOCCNS(=O)(=O)c1cncc(Br)c1. The van der Waals surface area contributed by atoms with Gasteiger partial charge in [0, 0.05) is 30.5 Å². The van der Waals surface area contributed by atoms with Crippen LogP contribution in [0.4, 0.5) is 0 Å². The highest BCUT2D eigenvalue weighted by molar-refractivity contribution is 9.10. The van der Waals surface area contributed by atoms with Crippen molar-refractivity contribution in [1.29, 1.82) is 0 Å². The molecule has 0 aliphatic heterocycles. The van der Waals surface area contributed by atoms with Crippen molar-refractivity contribution in [3.8, 4) is 0 Å². The molecule has 1 aromatic rings. The minimum Gasteiger partial charge on any atom is -0.382 e. The van der Waals surface area contributed by atoms with Crippen LogP contribution in [-0.2, 0) is 19.5 Å². The summed E-state index contributed by atoms with van der Waals surface area (Å²) >= 11 is 3.17. The molecule has 18 heavy (non-hydrogen) atoms. The van der Waals surface area contributed by atoms with E-state index < -0.39 is 10.0 Å². The minimum atomic E-state index is -3.53. The van der Waals surface area contributed by atoms with Gasteiger partial charge in [0.15, 0.2) is 0 Å². The summed E-state index contributed by atoms with van der Waals surface area (Å²) < 4.78 is 36.6. The average molecular weight is 339 g/mol. The Morgan fingerprint density at radius 3 is 2.78 bits per heavy atom. The van der Waals surface area contributed by atoms with Gasteiger partial charge in [-0.05, 0) is 22.0 Å². The molecule has 1 rings (SSSR count). The number of sulfonamides is 1. The zero-order valence-corrected chi connectivity index (χ0v) is 12.3. The van der Waals surface area contributed by atoms with Crippen molar-refractivity contribution >= 4 is 26.0 Å². The molecule has 1 heterocycles. The van der Waals surface area contributed by atoms with Crippen molar-refractivity contribution in [1.82, 2.24) is 9.71 Å². The summed E-state index contributed by atoms with van der Waals surface area (Å²) in [4.78, 5) is 3.92. The van der Waals surface area contributed by atoms with Crippen LogP contribution in [0.3, 0.4) is 0 Å². The Hall–Kier alpha value is -0.540. The van der Waals surface area contributed by atoms with Crippen LogP contribution >= 0.6 is 15.9 Å². The topological polar surface area (TPSA) is 77.5 Å². The molecular weight excluding hydrogens is 324 g/mol. The predicted octanol–water partition coefficient (Wildman–Crippen LogP) is 0.785. The van der Waals surface area contributed by atoms with Crippen LogP contribution in [-0.4, -0.2) is 46.9 Å². The standard InChI is InChI=1S/C10H15BrN2O4S/c1-16-4-5-17-3-2-13-18(14,15)10-6-9(11)7-12-8-10/h6-8,13H,2-5H2,1H3. The summed E-state index contributed by atoms with van der Waals surface area (Å²) in [6.45, 7) is 1.43. The maximum absolute atomic E-state index is 11.8. The number of hydrogen-bond acceptors (Lipinski definition) is 5. The third-order valence-corrected chi connectivity index (χ3v) is 3.82. The summed E-state index contributed by atoms with van der Waals surface area (Å²) in [5.74, 6) is 0. The molecule has 0 saturated carbocycles. The number of rotatable bonds is 8. The van der Waals surface area contributed by atoms with E-state index in [1.165, 1.54) is 18.5 Å². The molecule has 1 aromatic heterocycles. The Balaban J connectivity index is 2.41. The lowest BCUT2D eigenvalue weighted by Gasteiger charge is -2.07. The fraction of sp³-hybridized carbons (Fsp3) is 0.500. The Morgan fingerprint density at radius 1 is 1.33 bits per heavy atom. The summed E-state index contributed by atoms with van der Waals surface area (Å²) in [5.41, 5.74) is 0. The highest BCUT2D eigenvalue weighted by Crippen LogP contribution is 2.13. The fourth-order valence-corrected chi connectivity index (χ4v) is 2.63. The van der Waals surface area contributed by atoms with Crippen molar-refractivity contribution in [2.45, 2.75) is 4.90 Å². The summed E-state index contributed by atoms with van der Waals surface area (Å²) in [7, 11) is -1.95. The predicted molar refractivity (Wildman–Crippen MR) is 69.8 cm³/mol. The van der Waals surface area contributed by atoms with E-state index in [0.29, 0.717) is 24.3 Å². The van der Waals surface area contributed by atoms with Gasteiger partial charge in [-0.1, -0.05) is 0 Å². The van der Waals surface area contributed by atoms with Crippen molar-refractivity contribution in [3.05, 3.63) is 22.9 Å². The van der Waals surface area contributed by atoms with Gasteiger partial charge in [0.25, 0.3) is 0 Å². The first kappa shape index (κ1) is 15.5. The smallest absolute Gasteiger partial charge is 0.242 e. The maximum atomic E-state index is 11.8. The number of pyridine rings is 1. The third-order valence-electron chi connectivity index (χ3n) is 1.96. The van der Waals surface area contributed by atoms with Gasteiger partial charge < -0.3 is 9.47 Å². The quantitative estimate of drug-likeness (QED) is 0.709. The van der Waals surface area contributed by atoms with Gasteiger partial charge in [0.2, 0.25) is 10.0 Å². The average Bonchev–Trinajstić information content (AvgIpc) is 2.33. The Morgan fingerprint density at radius 2 is 2.11 bits per heavy atom. The van der Waals surface area contributed by atoms with E-state index in [2.05, 4.69) is 25.6 Å².